The molecule has 0 aromatic carbocycles. The first-order valence-corrected chi connectivity index (χ1v) is 10.4. The second kappa shape index (κ2) is 11.8. The molecule has 1 saturated heterocycles. The van der Waals surface area contributed by atoms with E-state index >= 15 is 0 Å². The average molecular weight is 524 g/mol. The number of halogens is 1. The Labute approximate surface area is 191 Å². The molecule has 0 aromatic heterocycles. The van der Waals surface area contributed by atoms with Crippen molar-refractivity contribution < 1.29 is 19.1 Å². The van der Waals surface area contributed by atoms with E-state index in [1.54, 1.807) is 0 Å². The van der Waals surface area contributed by atoms with Gasteiger partial charge in [-0.05, 0) is 53.4 Å². The summed E-state index contributed by atoms with van der Waals surface area (Å²) in [6, 6.07) is 0.281. The lowest BCUT2D eigenvalue weighted by atomic mass is 9.97. The van der Waals surface area contributed by atoms with E-state index in [0.29, 0.717) is 13.1 Å². The number of amides is 1. The van der Waals surface area contributed by atoms with E-state index in [4.69, 9.17) is 14.5 Å². The molecular weight excluding hydrogens is 487 g/mol. The second-order valence-electron chi connectivity index (χ2n) is 8.43. The van der Waals surface area contributed by atoms with Crippen molar-refractivity contribution in [1.82, 2.24) is 15.1 Å². The Morgan fingerprint density at radius 1 is 1.17 bits per heavy atom. The van der Waals surface area contributed by atoms with Crippen LogP contribution in [0.15, 0.2) is 4.99 Å². The number of nitrogens with zero attached hydrogens (tertiary/aromatic N) is 3. The molecule has 0 spiro atoms. The number of hydrogen-bond donors (Lipinski definition) is 1. The molecule has 0 unspecified atom stereocenters. The Morgan fingerprint density at radius 3 is 2.28 bits per heavy atom. The van der Waals surface area contributed by atoms with Crippen LogP contribution in [-0.4, -0.2) is 79.3 Å². The molecule has 1 saturated carbocycles. The van der Waals surface area contributed by atoms with Gasteiger partial charge in [-0.1, -0.05) is 0 Å². The minimum absolute atomic E-state index is 0. The summed E-state index contributed by atoms with van der Waals surface area (Å²) in [5.41, 5.74) is -0.494. The fraction of sp³-hybridized carbons (Fsp3) is 0.850. The van der Waals surface area contributed by atoms with Gasteiger partial charge in [0, 0.05) is 32.2 Å². The molecule has 1 N–H and O–H groups in total. The maximum Gasteiger partial charge on any atom is 0.410 e. The van der Waals surface area contributed by atoms with Crippen LogP contribution in [0.25, 0.3) is 0 Å². The minimum Gasteiger partial charge on any atom is -0.469 e. The van der Waals surface area contributed by atoms with Gasteiger partial charge in [0.1, 0.15) is 5.60 Å². The highest BCUT2D eigenvalue weighted by Gasteiger charge is 2.35. The van der Waals surface area contributed by atoms with Crippen molar-refractivity contribution in [1.29, 1.82) is 0 Å². The number of hydrogen-bond acceptors (Lipinski definition) is 5. The molecule has 1 heterocycles. The topological polar surface area (TPSA) is 83.5 Å². The van der Waals surface area contributed by atoms with Crippen LogP contribution in [0.1, 0.15) is 53.4 Å². The summed E-state index contributed by atoms with van der Waals surface area (Å²) in [5.74, 6) is 0.687. The van der Waals surface area contributed by atoms with Gasteiger partial charge < -0.3 is 24.6 Å². The average Bonchev–Trinajstić information content (AvgIpc) is 3.47. The molecule has 1 aliphatic heterocycles. The van der Waals surface area contributed by atoms with Gasteiger partial charge in [0.15, 0.2) is 5.96 Å². The van der Waals surface area contributed by atoms with Crippen LogP contribution >= 0.6 is 24.0 Å². The highest BCUT2D eigenvalue weighted by Crippen LogP contribution is 2.28. The summed E-state index contributed by atoms with van der Waals surface area (Å²) in [5, 5.41) is 3.32. The van der Waals surface area contributed by atoms with E-state index in [-0.39, 0.29) is 48.0 Å². The fourth-order valence-electron chi connectivity index (χ4n) is 3.31. The van der Waals surface area contributed by atoms with Gasteiger partial charge in [0.25, 0.3) is 0 Å². The van der Waals surface area contributed by atoms with Crippen molar-refractivity contribution in [2.45, 2.75) is 65.0 Å². The minimum atomic E-state index is -0.494. The highest BCUT2D eigenvalue weighted by molar-refractivity contribution is 14.0. The van der Waals surface area contributed by atoms with E-state index in [9.17, 15) is 9.59 Å². The van der Waals surface area contributed by atoms with E-state index in [1.807, 2.05) is 32.6 Å². The molecule has 0 aromatic rings. The number of guanidine groups is 1. The van der Waals surface area contributed by atoms with Crippen LogP contribution in [-0.2, 0) is 14.3 Å². The fourth-order valence-corrected chi connectivity index (χ4v) is 3.31. The zero-order valence-corrected chi connectivity index (χ0v) is 20.7. The molecule has 1 amide bonds. The molecule has 1 aliphatic carbocycles. The Morgan fingerprint density at radius 2 is 1.79 bits per heavy atom. The molecule has 8 nitrogen and oxygen atoms in total. The van der Waals surface area contributed by atoms with Gasteiger partial charge in [0.2, 0.25) is 0 Å². The van der Waals surface area contributed by atoms with Gasteiger partial charge >= 0.3 is 12.1 Å². The van der Waals surface area contributed by atoms with Gasteiger partial charge in [-0.15, -0.1) is 24.0 Å². The van der Waals surface area contributed by atoms with Crippen LogP contribution in [0.2, 0.25) is 0 Å². The molecule has 0 atom stereocenters. The van der Waals surface area contributed by atoms with Gasteiger partial charge in [0.05, 0.1) is 19.6 Å². The summed E-state index contributed by atoms with van der Waals surface area (Å²) in [6.45, 7) is 11.1. The van der Waals surface area contributed by atoms with Crippen molar-refractivity contribution in [3.63, 3.8) is 0 Å². The summed E-state index contributed by atoms with van der Waals surface area (Å²) in [7, 11) is 1.44. The first kappa shape index (κ1) is 25.8. The number of rotatable bonds is 6. The standard InChI is InChI=1S/C20H36N4O4.HI/c1-6-21-18(23-12-9-15(10-13-23)17(25)27-5)22-11-14-24(16-7-8-16)19(26)28-20(2,3)4;/h15-16H,6-14H2,1-5H3,(H,21,22);1H. The SMILES string of the molecule is CCNC(=NCCN(C(=O)OC(C)(C)C)C1CC1)N1CCC(C(=O)OC)CC1.I. The smallest absolute Gasteiger partial charge is 0.410 e. The van der Waals surface area contributed by atoms with Crippen LogP contribution < -0.4 is 5.32 Å². The van der Waals surface area contributed by atoms with Gasteiger partial charge in [-0.25, -0.2) is 4.79 Å². The number of carbonyl (C=O) groups is 2. The molecular formula is C20H37IN4O4. The first-order chi connectivity index (χ1) is 13.2. The third-order valence-electron chi connectivity index (χ3n) is 4.88. The van der Waals surface area contributed by atoms with Crippen LogP contribution in [0.5, 0.6) is 0 Å². The summed E-state index contributed by atoms with van der Waals surface area (Å²) >= 11 is 0. The normalized spacial score (nSPS) is 18.0. The first-order valence-electron chi connectivity index (χ1n) is 10.4. The largest absolute Gasteiger partial charge is 0.469 e. The zero-order valence-electron chi connectivity index (χ0n) is 18.4. The number of ether oxygens (including phenoxy) is 2. The Kier molecular flexibility index (Phi) is 10.5. The Hall–Kier alpha value is -1.26. The summed E-state index contributed by atoms with van der Waals surface area (Å²) in [4.78, 5) is 32.9. The molecule has 0 bridgehead atoms. The van der Waals surface area contributed by atoms with Crippen molar-refractivity contribution in [2.75, 3.05) is 39.8 Å². The second-order valence-corrected chi connectivity index (χ2v) is 8.43. The number of nitrogens with one attached hydrogen (secondary N) is 1. The Bertz CT molecular complexity index is 567. The predicted molar refractivity (Wildman–Crippen MR) is 124 cm³/mol. The van der Waals surface area contributed by atoms with Crippen LogP contribution in [0, 0.1) is 5.92 Å². The Balaban J connectivity index is 0.00000420. The van der Waals surface area contributed by atoms with E-state index in [0.717, 1.165) is 51.3 Å². The molecule has 2 aliphatic rings. The lowest BCUT2D eigenvalue weighted by Gasteiger charge is -2.33. The quantitative estimate of drug-likeness (QED) is 0.249. The molecule has 9 heteroatoms. The molecule has 168 valence electrons. The summed E-state index contributed by atoms with van der Waals surface area (Å²) < 4.78 is 10.4. The molecule has 29 heavy (non-hydrogen) atoms. The van der Waals surface area contributed by atoms with Crippen LogP contribution in [0.3, 0.4) is 0 Å². The predicted octanol–water partition coefficient (Wildman–Crippen LogP) is 2.85. The van der Waals surface area contributed by atoms with Crippen molar-refractivity contribution >= 4 is 42.0 Å². The lowest BCUT2D eigenvalue weighted by Crippen LogP contribution is -2.47. The van der Waals surface area contributed by atoms with Crippen LogP contribution in [0.4, 0.5) is 4.79 Å². The zero-order chi connectivity index (χ0) is 20.7. The summed E-state index contributed by atoms with van der Waals surface area (Å²) in [6.07, 6.45) is 3.34. The lowest BCUT2D eigenvalue weighted by molar-refractivity contribution is -0.146. The maximum atomic E-state index is 12.5. The van der Waals surface area contributed by atoms with Crippen molar-refractivity contribution in [3.8, 4) is 0 Å². The number of aliphatic imine (C=N–C) groups is 1. The third-order valence-corrected chi connectivity index (χ3v) is 4.88. The number of likely N-dealkylation sites (tertiary alicyclic amines) is 1. The monoisotopic (exact) mass is 524 g/mol. The highest BCUT2D eigenvalue weighted by atomic mass is 127. The van der Waals surface area contributed by atoms with Crippen molar-refractivity contribution in [3.05, 3.63) is 0 Å². The molecule has 2 fully saturated rings. The number of methoxy groups -OCH3 is 1. The number of carbonyl (C=O) groups excluding carboxylic acids is 2. The number of esters is 1. The van der Waals surface area contributed by atoms with E-state index in [1.165, 1.54) is 7.11 Å². The number of piperidine rings is 1. The van der Waals surface area contributed by atoms with E-state index < -0.39 is 5.60 Å². The molecule has 2 rings (SSSR count). The molecule has 0 radical (unpaired) electrons. The van der Waals surface area contributed by atoms with Crippen molar-refractivity contribution in [2.24, 2.45) is 10.9 Å². The van der Waals surface area contributed by atoms with Gasteiger partial charge in [-0.3, -0.25) is 9.79 Å². The van der Waals surface area contributed by atoms with Gasteiger partial charge in [-0.2, -0.15) is 0 Å². The third kappa shape index (κ3) is 8.55. The maximum absolute atomic E-state index is 12.5. The van der Waals surface area contributed by atoms with E-state index in [2.05, 4.69) is 10.2 Å².